The second kappa shape index (κ2) is 6.21. The molecule has 1 amide bonds. The molecule has 0 saturated heterocycles. The lowest BCUT2D eigenvalue weighted by Crippen LogP contribution is -2.16. The van der Waals surface area contributed by atoms with E-state index in [0.717, 1.165) is 5.56 Å². The number of benzene rings is 1. The van der Waals surface area contributed by atoms with Crippen LogP contribution >= 0.6 is 0 Å². The first-order valence-electron chi connectivity index (χ1n) is 6.46. The van der Waals surface area contributed by atoms with Gasteiger partial charge in [-0.15, -0.1) is 10.2 Å². The smallest absolute Gasteiger partial charge is 0.336 e. The fourth-order valence-electron chi connectivity index (χ4n) is 1.95. The average molecular weight is 301 g/mol. The molecule has 22 heavy (non-hydrogen) atoms. The van der Waals surface area contributed by atoms with Crippen molar-refractivity contribution in [2.24, 2.45) is 0 Å². The number of carboxylic acids is 1. The molecule has 0 saturated carbocycles. The molecular weight excluding hydrogens is 286 g/mol. The van der Waals surface area contributed by atoms with Crippen LogP contribution in [0.15, 0.2) is 24.3 Å². The molecule has 2 rings (SSSR count). The molecule has 1 heterocycles. The molecule has 0 fully saturated rings. The SMILES string of the molecule is COc1ccc(C(=O)Nc2cc(C(=O)O)c(C)cc2C)nn1. The highest BCUT2D eigenvalue weighted by Gasteiger charge is 2.14. The molecule has 0 atom stereocenters. The zero-order chi connectivity index (χ0) is 16.3. The molecule has 0 aliphatic heterocycles. The van der Waals surface area contributed by atoms with E-state index < -0.39 is 11.9 Å². The van der Waals surface area contributed by atoms with Gasteiger partial charge in [-0.25, -0.2) is 4.79 Å². The number of amides is 1. The molecule has 1 aromatic carbocycles. The number of hydrogen-bond acceptors (Lipinski definition) is 5. The minimum atomic E-state index is -1.04. The molecule has 7 nitrogen and oxygen atoms in total. The molecule has 7 heteroatoms. The molecule has 0 bridgehead atoms. The van der Waals surface area contributed by atoms with E-state index >= 15 is 0 Å². The summed E-state index contributed by atoms with van der Waals surface area (Å²) in [5, 5.41) is 19.2. The number of aromatic carboxylic acids is 1. The summed E-state index contributed by atoms with van der Waals surface area (Å²) in [6, 6.07) is 6.13. The Morgan fingerprint density at radius 2 is 1.86 bits per heavy atom. The maximum atomic E-state index is 12.1. The number of nitrogens with one attached hydrogen (secondary N) is 1. The molecule has 0 aliphatic rings. The Bertz CT molecular complexity index is 726. The van der Waals surface area contributed by atoms with Gasteiger partial charge in [0.25, 0.3) is 5.91 Å². The zero-order valence-electron chi connectivity index (χ0n) is 12.4. The Morgan fingerprint density at radius 1 is 1.14 bits per heavy atom. The Morgan fingerprint density at radius 3 is 2.41 bits per heavy atom. The van der Waals surface area contributed by atoms with Gasteiger partial charge in [0, 0.05) is 11.8 Å². The Labute approximate surface area is 127 Å². The van der Waals surface area contributed by atoms with Crippen LogP contribution in [0.3, 0.4) is 0 Å². The third-order valence-electron chi connectivity index (χ3n) is 3.13. The number of ether oxygens (including phenoxy) is 1. The lowest BCUT2D eigenvalue weighted by atomic mass is 10.0. The predicted octanol–water partition coefficient (Wildman–Crippen LogP) is 2.05. The van der Waals surface area contributed by atoms with E-state index in [1.54, 1.807) is 19.9 Å². The summed E-state index contributed by atoms with van der Waals surface area (Å²) in [6.45, 7) is 3.49. The highest BCUT2D eigenvalue weighted by Crippen LogP contribution is 2.21. The molecule has 0 unspecified atom stereocenters. The first-order chi connectivity index (χ1) is 10.4. The minimum absolute atomic E-state index is 0.109. The topological polar surface area (TPSA) is 101 Å². The molecule has 2 N–H and O–H groups in total. The van der Waals surface area contributed by atoms with Crippen molar-refractivity contribution >= 4 is 17.6 Å². The van der Waals surface area contributed by atoms with Crippen molar-refractivity contribution in [1.82, 2.24) is 10.2 Å². The lowest BCUT2D eigenvalue weighted by molar-refractivity contribution is 0.0695. The first-order valence-corrected chi connectivity index (χ1v) is 6.46. The standard InChI is InChI=1S/C15H15N3O4/c1-8-6-9(2)12(7-10(8)15(20)21)16-14(19)11-4-5-13(22-3)18-17-11/h4-7H,1-3H3,(H,16,19)(H,20,21). The fourth-order valence-corrected chi connectivity index (χ4v) is 1.95. The average Bonchev–Trinajstić information content (AvgIpc) is 2.49. The van der Waals surface area contributed by atoms with Gasteiger partial charge in [0.05, 0.1) is 12.7 Å². The van der Waals surface area contributed by atoms with Crippen LogP contribution in [-0.2, 0) is 0 Å². The van der Waals surface area contributed by atoms with E-state index in [1.807, 2.05) is 0 Å². The lowest BCUT2D eigenvalue weighted by Gasteiger charge is -2.11. The number of anilines is 1. The number of rotatable bonds is 4. The van der Waals surface area contributed by atoms with Crippen molar-refractivity contribution in [2.45, 2.75) is 13.8 Å². The molecule has 0 radical (unpaired) electrons. The largest absolute Gasteiger partial charge is 0.480 e. The number of aryl methyl sites for hydroxylation is 2. The van der Waals surface area contributed by atoms with Crippen LogP contribution in [-0.4, -0.2) is 34.3 Å². The maximum Gasteiger partial charge on any atom is 0.336 e. The number of nitrogens with zero attached hydrogens (tertiary/aromatic N) is 2. The number of carbonyl (C=O) groups is 2. The van der Waals surface area contributed by atoms with E-state index in [0.29, 0.717) is 17.1 Å². The van der Waals surface area contributed by atoms with Crippen LogP contribution in [0, 0.1) is 13.8 Å². The Balaban J connectivity index is 2.27. The van der Waals surface area contributed by atoms with Gasteiger partial charge in [-0.3, -0.25) is 4.79 Å². The second-order valence-electron chi connectivity index (χ2n) is 4.70. The minimum Gasteiger partial charge on any atom is -0.480 e. The van der Waals surface area contributed by atoms with Crippen LogP contribution in [0.4, 0.5) is 5.69 Å². The van der Waals surface area contributed by atoms with Crippen molar-refractivity contribution in [3.8, 4) is 5.88 Å². The van der Waals surface area contributed by atoms with Gasteiger partial charge in [0.1, 0.15) is 0 Å². The summed E-state index contributed by atoms with van der Waals surface area (Å²) in [7, 11) is 1.45. The van der Waals surface area contributed by atoms with Gasteiger partial charge < -0.3 is 15.2 Å². The molecule has 1 aromatic heterocycles. The van der Waals surface area contributed by atoms with Gasteiger partial charge in [0.15, 0.2) is 5.69 Å². The summed E-state index contributed by atoms with van der Waals surface area (Å²) in [5.74, 6) is -1.22. The van der Waals surface area contributed by atoms with Crippen molar-refractivity contribution in [1.29, 1.82) is 0 Å². The van der Waals surface area contributed by atoms with Crippen molar-refractivity contribution in [3.63, 3.8) is 0 Å². The van der Waals surface area contributed by atoms with Crippen LogP contribution in [0.1, 0.15) is 32.0 Å². The summed E-state index contributed by atoms with van der Waals surface area (Å²) in [4.78, 5) is 23.3. The first kappa shape index (κ1) is 15.4. The normalized spacial score (nSPS) is 10.1. The van der Waals surface area contributed by atoms with Gasteiger partial charge in [-0.2, -0.15) is 0 Å². The van der Waals surface area contributed by atoms with Gasteiger partial charge in [-0.1, -0.05) is 6.07 Å². The highest BCUT2D eigenvalue weighted by molar-refractivity contribution is 6.04. The number of carbonyl (C=O) groups excluding carboxylic acids is 1. The molecular formula is C15H15N3O4. The van der Waals surface area contributed by atoms with Crippen LogP contribution in [0.5, 0.6) is 5.88 Å². The van der Waals surface area contributed by atoms with E-state index in [4.69, 9.17) is 9.84 Å². The predicted molar refractivity (Wildman–Crippen MR) is 79.4 cm³/mol. The summed E-state index contributed by atoms with van der Waals surface area (Å²) >= 11 is 0. The second-order valence-corrected chi connectivity index (χ2v) is 4.70. The van der Waals surface area contributed by atoms with Crippen LogP contribution < -0.4 is 10.1 Å². The maximum absolute atomic E-state index is 12.1. The summed E-state index contributed by atoms with van der Waals surface area (Å²) in [5.41, 5.74) is 2.06. The van der Waals surface area contributed by atoms with E-state index in [1.165, 1.54) is 25.3 Å². The third kappa shape index (κ3) is 3.20. The molecule has 0 spiro atoms. The number of aromatic nitrogens is 2. The van der Waals surface area contributed by atoms with Crippen molar-refractivity contribution < 1.29 is 19.4 Å². The van der Waals surface area contributed by atoms with Gasteiger partial charge in [0.2, 0.25) is 5.88 Å². The summed E-state index contributed by atoms with van der Waals surface area (Å²) < 4.78 is 4.87. The highest BCUT2D eigenvalue weighted by atomic mass is 16.5. The van der Waals surface area contributed by atoms with Gasteiger partial charge in [-0.05, 0) is 37.1 Å². The van der Waals surface area contributed by atoms with E-state index in [9.17, 15) is 9.59 Å². The third-order valence-corrected chi connectivity index (χ3v) is 3.13. The fraction of sp³-hybridized carbons (Fsp3) is 0.200. The zero-order valence-corrected chi connectivity index (χ0v) is 12.4. The molecule has 114 valence electrons. The molecule has 0 aliphatic carbocycles. The number of carboxylic acid groups (broad SMARTS) is 1. The van der Waals surface area contributed by atoms with Crippen LogP contribution in [0.2, 0.25) is 0 Å². The quantitative estimate of drug-likeness (QED) is 0.896. The van der Waals surface area contributed by atoms with E-state index in [2.05, 4.69) is 15.5 Å². The number of hydrogen-bond donors (Lipinski definition) is 2. The summed E-state index contributed by atoms with van der Waals surface area (Å²) in [6.07, 6.45) is 0. The number of methoxy groups -OCH3 is 1. The van der Waals surface area contributed by atoms with Gasteiger partial charge >= 0.3 is 5.97 Å². The Hall–Kier alpha value is -2.96. The van der Waals surface area contributed by atoms with E-state index in [-0.39, 0.29) is 11.3 Å². The van der Waals surface area contributed by atoms with Crippen molar-refractivity contribution in [3.05, 3.63) is 46.6 Å². The monoisotopic (exact) mass is 301 g/mol. The molecule has 2 aromatic rings. The van der Waals surface area contributed by atoms with Crippen molar-refractivity contribution in [2.75, 3.05) is 12.4 Å². The Kier molecular flexibility index (Phi) is 4.36. The van der Waals surface area contributed by atoms with Crippen LogP contribution in [0.25, 0.3) is 0 Å².